The smallest absolute Gasteiger partial charge is 0.243 e. The Morgan fingerprint density at radius 1 is 1.56 bits per heavy atom. The maximum absolute atomic E-state index is 11.7. The molecule has 0 saturated carbocycles. The number of hydrogen-bond acceptors (Lipinski definition) is 4. The summed E-state index contributed by atoms with van der Waals surface area (Å²) in [5, 5.41) is 5.93. The number of amides is 1. The summed E-state index contributed by atoms with van der Waals surface area (Å²) in [4.78, 5) is 17.8. The Hall–Kier alpha value is -1.62. The van der Waals surface area contributed by atoms with Crippen LogP contribution in [0.3, 0.4) is 0 Å². The largest absolute Gasteiger partial charge is 0.357 e. The second-order valence-electron chi connectivity index (χ2n) is 3.73. The van der Waals surface area contributed by atoms with Crippen LogP contribution >= 0.6 is 0 Å². The molecule has 0 aromatic carbocycles. The number of nitrogens with one attached hydrogen (secondary N) is 2. The van der Waals surface area contributed by atoms with E-state index in [4.69, 9.17) is 0 Å². The first-order valence-corrected chi connectivity index (χ1v) is 5.42. The number of likely N-dealkylation sites (N-methyl/N-ethyl adjacent to an activating group) is 1. The van der Waals surface area contributed by atoms with Crippen molar-refractivity contribution in [2.24, 2.45) is 0 Å². The molecule has 0 aliphatic carbocycles. The molecule has 0 radical (unpaired) electrons. The van der Waals surface area contributed by atoms with Crippen LogP contribution < -0.4 is 15.5 Å². The lowest BCUT2D eigenvalue weighted by atomic mass is 10.1. The first kappa shape index (κ1) is 10.9. The number of piperazine rings is 1. The lowest BCUT2D eigenvalue weighted by Crippen LogP contribution is -2.57. The highest BCUT2D eigenvalue weighted by atomic mass is 16.2. The Balaban J connectivity index is 2.20. The summed E-state index contributed by atoms with van der Waals surface area (Å²) in [5.74, 6) is 0.0454. The van der Waals surface area contributed by atoms with E-state index in [0.29, 0.717) is 6.54 Å². The minimum Gasteiger partial charge on any atom is -0.357 e. The van der Waals surface area contributed by atoms with Gasteiger partial charge in [0.05, 0.1) is 0 Å². The van der Waals surface area contributed by atoms with Gasteiger partial charge in [-0.2, -0.15) is 0 Å². The number of hydrogen-bond donors (Lipinski definition) is 2. The number of rotatable bonds is 2. The molecule has 1 aromatic rings. The number of aromatic nitrogens is 1. The molecule has 5 nitrogen and oxygen atoms in total. The van der Waals surface area contributed by atoms with Crippen molar-refractivity contribution in [3.05, 3.63) is 24.5 Å². The fraction of sp³-hybridized carbons (Fsp3) is 0.455. The predicted molar refractivity (Wildman–Crippen MR) is 62.3 cm³/mol. The number of carbonyl (C=O) groups excluding carboxylic acids is 1. The highest BCUT2D eigenvalue weighted by Crippen LogP contribution is 2.16. The van der Waals surface area contributed by atoms with Gasteiger partial charge in [-0.25, -0.2) is 0 Å². The molecule has 1 aromatic heterocycles. The molecule has 1 amide bonds. The average molecular weight is 220 g/mol. The number of carbonyl (C=O) groups is 1. The van der Waals surface area contributed by atoms with Crippen LogP contribution in [0.5, 0.6) is 0 Å². The van der Waals surface area contributed by atoms with E-state index < -0.39 is 0 Å². The second kappa shape index (κ2) is 4.94. The molecule has 0 spiro atoms. The van der Waals surface area contributed by atoms with Crippen molar-refractivity contribution in [2.75, 3.05) is 31.6 Å². The fourth-order valence-electron chi connectivity index (χ4n) is 1.95. The van der Waals surface area contributed by atoms with E-state index in [9.17, 15) is 4.79 Å². The van der Waals surface area contributed by atoms with Crippen molar-refractivity contribution in [3.8, 4) is 0 Å². The fourth-order valence-corrected chi connectivity index (χ4v) is 1.95. The van der Waals surface area contributed by atoms with E-state index in [1.807, 2.05) is 12.1 Å². The first-order chi connectivity index (χ1) is 7.83. The highest BCUT2D eigenvalue weighted by molar-refractivity contribution is 5.85. The van der Waals surface area contributed by atoms with Crippen molar-refractivity contribution in [1.29, 1.82) is 0 Å². The maximum atomic E-state index is 11.7. The molecule has 0 bridgehead atoms. The molecular weight excluding hydrogens is 204 g/mol. The van der Waals surface area contributed by atoms with Gasteiger partial charge in [0.1, 0.15) is 6.04 Å². The summed E-state index contributed by atoms with van der Waals surface area (Å²) < 4.78 is 0. The Bertz CT molecular complexity index is 354. The standard InChI is InChI=1S/C11H16N4O/c1-12-11(16)10-8-14-6-7-15(10)9-2-4-13-5-3-9/h2-5,10,14H,6-8H2,1H3,(H,12,16). The lowest BCUT2D eigenvalue weighted by Gasteiger charge is -2.36. The van der Waals surface area contributed by atoms with Gasteiger partial charge >= 0.3 is 0 Å². The van der Waals surface area contributed by atoms with E-state index >= 15 is 0 Å². The van der Waals surface area contributed by atoms with Crippen LogP contribution in [0.4, 0.5) is 5.69 Å². The van der Waals surface area contributed by atoms with E-state index in [-0.39, 0.29) is 11.9 Å². The third-order valence-corrected chi connectivity index (χ3v) is 2.79. The van der Waals surface area contributed by atoms with Gasteiger partial charge in [0.25, 0.3) is 0 Å². The molecule has 5 heteroatoms. The van der Waals surface area contributed by atoms with E-state index in [1.54, 1.807) is 19.4 Å². The van der Waals surface area contributed by atoms with Gasteiger partial charge in [0.2, 0.25) is 5.91 Å². The van der Waals surface area contributed by atoms with Crippen molar-refractivity contribution in [1.82, 2.24) is 15.6 Å². The maximum Gasteiger partial charge on any atom is 0.243 e. The van der Waals surface area contributed by atoms with Crippen LogP contribution in [-0.2, 0) is 4.79 Å². The second-order valence-corrected chi connectivity index (χ2v) is 3.73. The molecule has 1 saturated heterocycles. The number of anilines is 1. The van der Waals surface area contributed by atoms with Crippen LogP contribution in [0.25, 0.3) is 0 Å². The van der Waals surface area contributed by atoms with Crippen LogP contribution in [-0.4, -0.2) is 43.6 Å². The molecule has 16 heavy (non-hydrogen) atoms. The summed E-state index contributed by atoms with van der Waals surface area (Å²) in [7, 11) is 1.67. The van der Waals surface area contributed by atoms with E-state index in [1.165, 1.54) is 0 Å². The first-order valence-electron chi connectivity index (χ1n) is 5.42. The lowest BCUT2D eigenvalue weighted by molar-refractivity contribution is -0.122. The van der Waals surface area contributed by atoms with Crippen LogP contribution in [0.2, 0.25) is 0 Å². The minimum absolute atomic E-state index is 0.0454. The van der Waals surface area contributed by atoms with Gasteiger partial charge in [0.15, 0.2) is 0 Å². The van der Waals surface area contributed by atoms with Crippen molar-refractivity contribution in [3.63, 3.8) is 0 Å². The van der Waals surface area contributed by atoms with Crippen molar-refractivity contribution >= 4 is 11.6 Å². The molecule has 1 unspecified atom stereocenters. The monoisotopic (exact) mass is 220 g/mol. The summed E-state index contributed by atoms with van der Waals surface area (Å²) in [6.45, 7) is 2.42. The molecule has 2 heterocycles. The normalized spacial score (nSPS) is 20.6. The molecule has 1 fully saturated rings. The van der Waals surface area contributed by atoms with Crippen LogP contribution in [0.15, 0.2) is 24.5 Å². The molecule has 1 aliphatic heterocycles. The summed E-state index contributed by atoms with van der Waals surface area (Å²) in [5.41, 5.74) is 1.05. The molecular formula is C11H16N4O. The van der Waals surface area contributed by atoms with Crippen LogP contribution in [0, 0.1) is 0 Å². The van der Waals surface area contributed by atoms with Crippen LogP contribution in [0.1, 0.15) is 0 Å². The van der Waals surface area contributed by atoms with Gasteiger partial charge in [-0.05, 0) is 12.1 Å². The van der Waals surface area contributed by atoms with Gasteiger partial charge in [-0.15, -0.1) is 0 Å². The van der Waals surface area contributed by atoms with Crippen molar-refractivity contribution in [2.45, 2.75) is 6.04 Å². The van der Waals surface area contributed by atoms with Gasteiger partial charge in [-0.3, -0.25) is 9.78 Å². The van der Waals surface area contributed by atoms with Gasteiger partial charge < -0.3 is 15.5 Å². The molecule has 86 valence electrons. The zero-order valence-electron chi connectivity index (χ0n) is 9.31. The van der Waals surface area contributed by atoms with E-state index in [2.05, 4.69) is 20.5 Å². The quantitative estimate of drug-likeness (QED) is 0.712. The Kier molecular flexibility index (Phi) is 3.36. The summed E-state index contributed by atoms with van der Waals surface area (Å²) >= 11 is 0. The molecule has 2 rings (SSSR count). The Morgan fingerprint density at radius 3 is 3.00 bits per heavy atom. The molecule has 1 aliphatic rings. The Morgan fingerprint density at radius 2 is 2.31 bits per heavy atom. The number of pyridine rings is 1. The zero-order valence-corrected chi connectivity index (χ0v) is 9.31. The SMILES string of the molecule is CNC(=O)C1CNCCN1c1ccncc1. The topological polar surface area (TPSA) is 57.3 Å². The van der Waals surface area contributed by atoms with Gasteiger partial charge in [0, 0.05) is 44.8 Å². The predicted octanol–water partition coefficient (Wildman–Crippen LogP) is -0.394. The van der Waals surface area contributed by atoms with Gasteiger partial charge in [-0.1, -0.05) is 0 Å². The minimum atomic E-state index is -0.138. The highest BCUT2D eigenvalue weighted by Gasteiger charge is 2.27. The summed E-state index contributed by atoms with van der Waals surface area (Å²) in [6, 6.07) is 3.73. The third-order valence-electron chi connectivity index (χ3n) is 2.79. The third kappa shape index (κ3) is 2.14. The average Bonchev–Trinajstić information content (AvgIpc) is 2.39. The summed E-state index contributed by atoms with van der Waals surface area (Å²) in [6.07, 6.45) is 3.50. The van der Waals surface area contributed by atoms with Crippen molar-refractivity contribution < 1.29 is 4.79 Å². The number of nitrogens with zero attached hydrogens (tertiary/aromatic N) is 2. The Labute approximate surface area is 94.9 Å². The molecule has 2 N–H and O–H groups in total. The zero-order chi connectivity index (χ0) is 11.4. The van der Waals surface area contributed by atoms with E-state index in [0.717, 1.165) is 18.8 Å². The molecule has 1 atom stereocenters.